The van der Waals surface area contributed by atoms with Crippen LogP contribution < -0.4 is 9.44 Å². The predicted molar refractivity (Wildman–Crippen MR) is 115 cm³/mol. The molecule has 0 aliphatic rings. The average molecular weight is 433 g/mol. The summed E-state index contributed by atoms with van der Waals surface area (Å²) in [6.07, 6.45) is 0. The van der Waals surface area contributed by atoms with Gasteiger partial charge in [0.15, 0.2) is 0 Å². The van der Waals surface area contributed by atoms with Crippen LogP contribution in [0, 0.1) is 0 Å². The summed E-state index contributed by atoms with van der Waals surface area (Å²) >= 11 is 0. The van der Waals surface area contributed by atoms with Gasteiger partial charge in [-0.25, -0.2) is 26.3 Å². The summed E-state index contributed by atoms with van der Waals surface area (Å²) in [5, 5.41) is 1.83. The van der Waals surface area contributed by atoms with Gasteiger partial charge in [0, 0.05) is 12.6 Å². The summed E-state index contributed by atoms with van der Waals surface area (Å²) in [7, 11) is -7.06. The first-order valence-corrected chi connectivity index (χ1v) is 12.3. The molecule has 0 heterocycles. The Bertz CT molecular complexity index is 1200. The zero-order chi connectivity index (χ0) is 21.1. The maximum absolute atomic E-state index is 12.6. The molecule has 3 rings (SSSR count). The molecule has 0 bridgehead atoms. The highest BCUT2D eigenvalue weighted by Gasteiger charge is 2.15. The second-order valence-corrected chi connectivity index (χ2v) is 10.7. The summed E-state index contributed by atoms with van der Waals surface area (Å²) < 4.78 is 54.3. The van der Waals surface area contributed by atoms with E-state index in [1.54, 1.807) is 56.3 Å². The summed E-state index contributed by atoms with van der Waals surface area (Å²) in [4.78, 5) is 0.207. The van der Waals surface area contributed by atoms with E-state index in [1.165, 1.54) is 0 Å². The van der Waals surface area contributed by atoms with Gasteiger partial charge in [0.2, 0.25) is 20.0 Å². The molecule has 0 aliphatic heterocycles. The van der Waals surface area contributed by atoms with E-state index >= 15 is 0 Å². The lowest BCUT2D eigenvalue weighted by atomic mass is 10.1. The first kappa shape index (κ1) is 21.4. The van der Waals surface area contributed by atoms with E-state index in [0.717, 1.165) is 16.3 Å². The molecule has 0 spiro atoms. The Balaban J connectivity index is 1.67. The van der Waals surface area contributed by atoms with Crippen molar-refractivity contribution in [1.29, 1.82) is 0 Å². The molecule has 6 nitrogen and oxygen atoms in total. The minimum atomic E-state index is -3.66. The van der Waals surface area contributed by atoms with Crippen molar-refractivity contribution >= 4 is 30.8 Å². The Morgan fingerprint density at radius 2 is 1.41 bits per heavy atom. The third kappa shape index (κ3) is 5.86. The molecule has 0 aliphatic carbocycles. The molecule has 2 N–H and O–H groups in total. The van der Waals surface area contributed by atoms with Crippen LogP contribution in [0.4, 0.5) is 0 Å². The maximum Gasteiger partial charge on any atom is 0.240 e. The normalized spacial score (nSPS) is 12.5. The van der Waals surface area contributed by atoms with Crippen LogP contribution in [-0.4, -0.2) is 22.9 Å². The van der Waals surface area contributed by atoms with Crippen LogP contribution in [0.15, 0.2) is 71.6 Å². The van der Waals surface area contributed by atoms with Gasteiger partial charge in [-0.1, -0.05) is 54.6 Å². The van der Waals surface area contributed by atoms with Crippen LogP contribution in [0.5, 0.6) is 0 Å². The largest absolute Gasteiger partial charge is 0.240 e. The van der Waals surface area contributed by atoms with Crippen LogP contribution in [0.2, 0.25) is 0 Å². The van der Waals surface area contributed by atoms with Gasteiger partial charge in [0.05, 0.1) is 10.6 Å². The number of rotatable bonds is 8. The second-order valence-electron chi connectivity index (χ2n) is 7.18. The molecule has 3 aromatic rings. The first-order valence-electron chi connectivity index (χ1n) is 9.21. The van der Waals surface area contributed by atoms with Gasteiger partial charge in [-0.2, -0.15) is 0 Å². The molecule has 3 aromatic carbocycles. The van der Waals surface area contributed by atoms with E-state index in [4.69, 9.17) is 0 Å². The Kier molecular flexibility index (Phi) is 6.38. The Morgan fingerprint density at radius 1 is 0.793 bits per heavy atom. The summed E-state index contributed by atoms with van der Waals surface area (Å²) in [5.41, 5.74) is 1.38. The van der Waals surface area contributed by atoms with E-state index in [0.29, 0.717) is 5.56 Å². The van der Waals surface area contributed by atoms with E-state index in [1.807, 2.05) is 24.3 Å². The minimum Gasteiger partial charge on any atom is -0.212 e. The molecule has 0 aromatic heterocycles. The SMILES string of the molecule is CC(C)NS(=O)(=O)Cc1ccc(CNS(=O)(=O)c2ccc3ccccc3c2)cc1. The monoisotopic (exact) mass is 432 g/mol. The van der Waals surface area contributed by atoms with E-state index in [-0.39, 0.29) is 23.2 Å². The quantitative estimate of drug-likeness (QED) is 0.572. The lowest BCUT2D eigenvalue weighted by Gasteiger charge is -2.10. The van der Waals surface area contributed by atoms with Gasteiger partial charge in [-0.3, -0.25) is 0 Å². The molecule has 0 radical (unpaired) electrons. The molecular weight excluding hydrogens is 408 g/mol. The van der Waals surface area contributed by atoms with Gasteiger partial charge in [0.25, 0.3) is 0 Å². The third-order valence-electron chi connectivity index (χ3n) is 4.29. The highest BCUT2D eigenvalue weighted by atomic mass is 32.2. The van der Waals surface area contributed by atoms with Crippen molar-refractivity contribution in [2.45, 2.75) is 37.1 Å². The third-order valence-corrected chi connectivity index (χ3v) is 7.24. The predicted octanol–water partition coefficient (Wildman–Crippen LogP) is 3.15. The fourth-order valence-corrected chi connectivity index (χ4v) is 5.46. The van der Waals surface area contributed by atoms with Crippen molar-refractivity contribution in [3.8, 4) is 0 Å². The molecule has 0 unspecified atom stereocenters. The summed E-state index contributed by atoms with van der Waals surface area (Å²) in [6, 6.07) is 19.3. The van der Waals surface area contributed by atoms with Gasteiger partial charge in [-0.15, -0.1) is 0 Å². The molecule has 154 valence electrons. The Labute approximate surface area is 172 Å². The molecule has 0 saturated heterocycles. The standard InChI is InChI=1S/C21H24N2O4S2/c1-16(2)23-28(24,25)15-18-9-7-17(8-10-18)14-22-29(26,27)21-12-11-19-5-3-4-6-20(19)13-21/h3-13,16,22-23H,14-15H2,1-2H3. The zero-order valence-corrected chi connectivity index (χ0v) is 17.9. The average Bonchev–Trinajstić information content (AvgIpc) is 2.66. The van der Waals surface area contributed by atoms with Gasteiger partial charge >= 0.3 is 0 Å². The molecule has 0 amide bonds. The molecule has 0 saturated carbocycles. The van der Waals surface area contributed by atoms with Crippen LogP contribution in [0.25, 0.3) is 10.8 Å². The smallest absolute Gasteiger partial charge is 0.212 e. The Hall–Kier alpha value is -2.26. The highest BCUT2D eigenvalue weighted by molar-refractivity contribution is 7.89. The van der Waals surface area contributed by atoms with Crippen molar-refractivity contribution in [2.24, 2.45) is 0 Å². The van der Waals surface area contributed by atoms with Crippen molar-refractivity contribution in [2.75, 3.05) is 0 Å². The molecule has 29 heavy (non-hydrogen) atoms. The number of benzene rings is 3. The molecule has 8 heteroatoms. The molecule has 0 fully saturated rings. The lowest BCUT2D eigenvalue weighted by Crippen LogP contribution is -2.31. The van der Waals surface area contributed by atoms with Gasteiger partial charge in [0.1, 0.15) is 0 Å². The number of hydrogen-bond acceptors (Lipinski definition) is 4. The van der Waals surface area contributed by atoms with Gasteiger partial charge in [-0.05, 0) is 47.9 Å². The number of hydrogen-bond donors (Lipinski definition) is 2. The molecule has 0 atom stereocenters. The second kappa shape index (κ2) is 8.62. The van der Waals surface area contributed by atoms with Crippen LogP contribution in [0.1, 0.15) is 25.0 Å². The van der Waals surface area contributed by atoms with E-state index < -0.39 is 20.0 Å². The fraction of sp³-hybridized carbons (Fsp3) is 0.238. The van der Waals surface area contributed by atoms with Crippen LogP contribution in [0.3, 0.4) is 0 Å². The minimum absolute atomic E-state index is 0.117. The number of sulfonamides is 2. The number of nitrogens with one attached hydrogen (secondary N) is 2. The fourth-order valence-electron chi connectivity index (χ4n) is 2.97. The van der Waals surface area contributed by atoms with E-state index in [2.05, 4.69) is 9.44 Å². The van der Waals surface area contributed by atoms with Crippen LogP contribution in [-0.2, 0) is 32.3 Å². The topological polar surface area (TPSA) is 92.3 Å². The summed E-state index contributed by atoms with van der Waals surface area (Å²) in [6.45, 7) is 3.65. The highest BCUT2D eigenvalue weighted by Crippen LogP contribution is 2.19. The van der Waals surface area contributed by atoms with Crippen LogP contribution >= 0.6 is 0 Å². The van der Waals surface area contributed by atoms with Crippen molar-refractivity contribution in [3.05, 3.63) is 77.9 Å². The summed E-state index contributed by atoms with van der Waals surface area (Å²) in [5.74, 6) is -0.117. The van der Waals surface area contributed by atoms with Crippen molar-refractivity contribution < 1.29 is 16.8 Å². The lowest BCUT2D eigenvalue weighted by molar-refractivity contribution is 0.569. The van der Waals surface area contributed by atoms with E-state index in [9.17, 15) is 16.8 Å². The number of fused-ring (bicyclic) bond motifs is 1. The van der Waals surface area contributed by atoms with Crippen molar-refractivity contribution in [1.82, 2.24) is 9.44 Å². The maximum atomic E-state index is 12.6. The zero-order valence-electron chi connectivity index (χ0n) is 16.3. The first-order chi connectivity index (χ1) is 13.6. The molecular formula is C21H24N2O4S2. The van der Waals surface area contributed by atoms with Gasteiger partial charge < -0.3 is 0 Å². The Morgan fingerprint density at radius 3 is 2.07 bits per heavy atom. The van der Waals surface area contributed by atoms with Crippen molar-refractivity contribution in [3.63, 3.8) is 0 Å².